The highest BCUT2D eigenvalue weighted by Crippen LogP contribution is 2.65. The van der Waals surface area contributed by atoms with Crippen LogP contribution in [0, 0.1) is 29.1 Å². The maximum Gasteiger partial charge on any atom is 0.481 e. The highest BCUT2D eigenvalue weighted by Gasteiger charge is 2.68. The number of hydrogen-bond donors (Lipinski definition) is 2. The summed E-state index contributed by atoms with van der Waals surface area (Å²) in [5.74, 6) is 0.976. The molecule has 1 heterocycles. The normalized spacial score (nSPS) is 24.8. The molecule has 0 radical (unpaired) electrons. The van der Waals surface area contributed by atoms with E-state index in [2.05, 4.69) is 52.2 Å². The van der Waals surface area contributed by atoms with Crippen LogP contribution in [0.5, 0.6) is 11.5 Å². The summed E-state index contributed by atoms with van der Waals surface area (Å²) in [7, 11) is 2.57. The van der Waals surface area contributed by atoms with Crippen molar-refractivity contribution in [2.45, 2.75) is 143 Å². The molecule has 9 nitrogen and oxygen atoms in total. The number of carbonyl (C=O) groups is 3. The summed E-state index contributed by atoms with van der Waals surface area (Å²) in [6.07, 6.45) is 11.3. The monoisotopic (exact) mass is 682 g/mol. The van der Waals surface area contributed by atoms with Gasteiger partial charge in [-0.25, -0.2) is 0 Å². The molecule has 10 heteroatoms. The minimum absolute atomic E-state index is 0.0102. The van der Waals surface area contributed by atoms with Crippen molar-refractivity contribution in [3.8, 4) is 11.5 Å². The fraction of sp³-hybridized carbons (Fsp3) is 0.769. The van der Waals surface area contributed by atoms with Gasteiger partial charge in [-0.15, -0.1) is 0 Å². The smallest absolute Gasteiger partial charge is 0.481 e. The SMILES string of the molecule is CCCCCCCCCC(=O)C[C@@H](CNC(=O)Cc1ccc(OC)c(OC)c1)C(=O)N[C@@H](CC(C)C)B1O[C@@H]2C[C@@H]3C[C@@H](C3(C)C)[C@]2(C)O1. The van der Waals surface area contributed by atoms with Gasteiger partial charge in [0.1, 0.15) is 5.78 Å². The van der Waals surface area contributed by atoms with Gasteiger partial charge in [0, 0.05) is 19.4 Å². The maximum absolute atomic E-state index is 14.0. The van der Waals surface area contributed by atoms with Gasteiger partial charge in [-0.05, 0) is 73.5 Å². The Kier molecular flexibility index (Phi) is 14.1. The van der Waals surface area contributed by atoms with E-state index in [9.17, 15) is 14.4 Å². The Morgan fingerprint density at radius 1 is 0.980 bits per heavy atom. The predicted molar refractivity (Wildman–Crippen MR) is 193 cm³/mol. The summed E-state index contributed by atoms with van der Waals surface area (Å²) in [6.45, 7) is 13.4. The molecule has 1 aliphatic heterocycles. The number of Topliss-reactive ketones (excluding diaryl/α,β-unsaturated/α-hetero) is 1. The van der Waals surface area contributed by atoms with Gasteiger partial charge < -0.3 is 29.4 Å². The van der Waals surface area contributed by atoms with Gasteiger partial charge >= 0.3 is 7.12 Å². The van der Waals surface area contributed by atoms with Crippen LogP contribution in [0.1, 0.15) is 124 Å². The number of ether oxygens (including phenoxy) is 2. The largest absolute Gasteiger partial charge is 0.493 e. The Labute approximate surface area is 295 Å². The van der Waals surface area contributed by atoms with Crippen LogP contribution in [0.3, 0.4) is 0 Å². The quantitative estimate of drug-likeness (QED) is 0.107. The van der Waals surface area contributed by atoms with Crippen LogP contribution in [0.15, 0.2) is 18.2 Å². The zero-order chi connectivity index (χ0) is 35.8. The van der Waals surface area contributed by atoms with Crippen molar-refractivity contribution in [2.75, 3.05) is 20.8 Å². The summed E-state index contributed by atoms with van der Waals surface area (Å²) in [5.41, 5.74) is 0.596. The molecule has 0 aromatic heterocycles. The van der Waals surface area contributed by atoms with Gasteiger partial charge in [-0.3, -0.25) is 14.4 Å². The second-order valence-corrected chi connectivity index (χ2v) is 16.1. The zero-order valence-electron chi connectivity index (χ0n) is 31.5. The van der Waals surface area contributed by atoms with E-state index in [0.29, 0.717) is 36.2 Å². The first-order valence-corrected chi connectivity index (χ1v) is 18.9. The molecule has 1 aromatic rings. The fourth-order valence-corrected chi connectivity index (χ4v) is 8.51. The number of ketones is 1. The van der Waals surface area contributed by atoms with Gasteiger partial charge in [0.05, 0.1) is 44.2 Å². The fourth-order valence-electron chi connectivity index (χ4n) is 8.51. The number of unbranched alkanes of at least 4 members (excludes halogenated alkanes) is 6. The molecular weight excluding hydrogens is 619 g/mol. The third-order valence-electron chi connectivity index (χ3n) is 11.6. The van der Waals surface area contributed by atoms with E-state index in [1.807, 2.05) is 6.07 Å². The van der Waals surface area contributed by atoms with Gasteiger partial charge in [0.25, 0.3) is 0 Å². The molecule has 4 aliphatic rings. The molecule has 4 fully saturated rings. The van der Waals surface area contributed by atoms with E-state index >= 15 is 0 Å². The van der Waals surface area contributed by atoms with E-state index in [0.717, 1.165) is 37.7 Å². The standard InChI is InChI=1S/C39H63BN2O7/c1-9-10-11-12-13-14-15-16-30(43)22-28(25-41-36(44)21-27-17-18-31(46-7)32(20-27)47-8)37(45)42-35(19-26(2)3)40-48-34-24-29-23-33(38(29,4)5)39(34,6)49-40/h17-18,20,26,28-29,33-35H,9-16,19,21-25H2,1-8H3,(H,41,44)(H,42,45)/t28-,29-,33-,34+,35-,39-/m0/s1. The lowest BCUT2D eigenvalue weighted by atomic mass is 9.43. The lowest BCUT2D eigenvalue weighted by Gasteiger charge is -2.64. The average molecular weight is 683 g/mol. The molecule has 0 unspecified atom stereocenters. The van der Waals surface area contributed by atoms with E-state index in [4.69, 9.17) is 18.8 Å². The van der Waals surface area contributed by atoms with Crippen LogP contribution >= 0.6 is 0 Å². The van der Waals surface area contributed by atoms with Crippen molar-refractivity contribution in [1.82, 2.24) is 10.6 Å². The minimum Gasteiger partial charge on any atom is -0.493 e. The Bertz CT molecular complexity index is 1270. The third-order valence-corrected chi connectivity index (χ3v) is 11.6. The second kappa shape index (κ2) is 17.6. The molecule has 5 rings (SSSR count). The molecule has 2 amide bonds. The van der Waals surface area contributed by atoms with Crippen LogP contribution in [0.4, 0.5) is 0 Å². The number of rotatable bonds is 21. The van der Waals surface area contributed by atoms with E-state index in [1.165, 1.54) is 25.7 Å². The molecule has 1 aromatic carbocycles. The van der Waals surface area contributed by atoms with Crippen molar-refractivity contribution >= 4 is 24.7 Å². The number of amides is 2. The average Bonchev–Trinajstić information content (AvgIpc) is 3.42. The summed E-state index contributed by atoms with van der Waals surface area (Å²) in [6, 6.07) is 5.36. The molecule has 1 saturated heterocycles. The molecule has 274 valence electrons. The van der Waals surface area contributed by atoms with E-state index < -0.39 is 13.0 Å². The van der Waals surface area contributed by atoms with Crippen molar-refractivity contribution in [2.24, 2.45) is 29.1 Å². The van der Waals surface area contributed by atoms with Crippen molar-refractivity contribution in [3.05, 3.63) is 23.8 Å². The van der Waals surface area contributed by atoms with Crippen LogP contribution in [0.25, 0.3) is 0 Å². The molecule has 3 saturated carbocycles. The predicted octanol–water partition coefficient (Wildman–Crippen LogP) is 6.88. The molecule has 2 N–H and O–H groups in total. The van der Waals surface area contributed by atoms with Crippen molar-refractivity contribution in [3.63, 3.8) is 0 Å². The minimum atomic E-state index is -0.702. The summed E-state index contributed by atoms with van der Waals surface area (Å²) in [4.78, 5) is 40.4. The van der Waals surface area contributed by atoms with Crippen LogP contribution in [-0.4, -0.2) is 63.1 Å². The molecule has 49 heavy (non-hydrogen) atoms. The van der Waals surface area contributed by atoms with Crippen molar-refractivity contribution in [1.29, 1.82) is 0 Å². The van der Waals surface area contributed by atoms with Gasteiger partial charge in [0.2, 0.25) is 11.8 Å². The maximum atomic E-state index is 14.0. The Hall–Kier alpha value is -2.59. The second-order valence-electron chi connectivity index (χ2n) is 16.1. The van der Waals surface area contributed by atoms with Crippen molar-refractivity contribution < 1.29 is 33.2 Å². The Balaban J connectivity index is 1.41. The van der Waals surface area contributed by atoms with E-state index in [-0.39, 0.29) is 66.0 Å². The first-order valence-electron chi connectivity index (χ1n) is 18.9. The Morgan fingerprint density at radius 2 is 1.67 bits per heavy atom. The number of nitrogens with one attached hydrogen (secondary N) is 2. The topological polar surface area (TPSA) is 112 Å². The lowest BCUT2D eigenvalue weighted by Crippen LogP contribution is -2.65. The third kappa shape index (κ3) is 9.81. The lowest BCUT2D eigenvalue weighted by molar-refractivity contribution is -0.199. The molecule has 2 bridgehead atoms. The van der Waals surface area contributed by atoms with Gasteiger partial charge in [0.15, 0.2) is 11.5 Å². The first-order chi connectivity index (χ1) is 23.3. The highest BCUT2D eigenvalue weighted by molar-refractivity contribution is 6.47. The number of carbonyl (C=O) groups excluding carboxylic acids is 3. The molecule has 0 spiro atoms. The first kappa shape index (κ1) is 39.2. The summed E-state index contributed by atoms with van der Waals surface area (Å²) < 4.78 is 24.1. The van der Waals surface area contributed by atoms with Gasteiger partial charge in [-0.2, -0.15) is 0 Å². The summed E-state index contributed by atoms with van der Waals surface area (Å²) in [5, 5.41) is 6.19. The number of benzene rings is 1. The van der Waals surface area contributed by atoms with Crippen LogP contribution < -0.4 is 20.1 Å². The van der Waals surface area contributed by atoms with Gasteiger partial charge in [-0.1, -0.05) is 79.2 Å². The zero-order valence-corrected chi connectivity index (χ0v) is 31.5. The van der Waals surface area contributed by atoms with Crippen LogP contribution in [-0.2, 0) is 30.1 Å². The van der Waals surface area contributed by atoms with E-state index in [1.54, 1.807) is 26.4 Å². The highest BCUT2D eigenvalue weighted by atomic mass is 16.7. The molecule has 6 atom stereocenters. The Morgan fingerprint density at radius 3 is 2.33 bits per heavy atom. The van der Waals surface area contributed by atoms with Crippen LogP contribution in [0.2, 0.25) is 0 Å². The number of methoxy groups -OCH3 is 2. The molecule has 3 aliphatic carbocycles. The number of hydrogen-bond acceptors (Lipinski definition) is 7. The summed E-state index contributed by atoms with van der Waals surface area (Å²) >= 11 is 0. The molecular formula is C39H63BN2O7.